The Morgan fingerprint density at radius 1 is 1.24 bits per heavy atom. The largest absolute Gasteiger partial charge is 0.302 e. The molecule has 3 N–H and O–H groups in total. The van der Waals surface area contributed by atoms with Crippen molar-refractivity contribution in [2.75, 3.05) is 14.1 Å². The fourth-order valence-corrected chi connectivity index (χ4v) is 4.63. The number of nitrogens with two attached hydrogens (primary N) is 1. The monoisotopic (exact) mass is 310 g/mol. The van der Waals surface area contributed by atoms with Crippen molar-refractivity contribution in [1.82, 2.24) is 15.3 Å². The predicted octanol–water partition coefficient (Wildman–Crippen LogP) is 2.79. The van der Waals surface area contributed by atoms with Gasteiger partial charge in [0.25, 0.3) is 0 Å². The van der Waals surface area contributed by atoms with Crippen molar-refractivity contribution in [3.05, 3.63) is 15.6 Å². The summed E-state index contributed by atoms with van der Waals surface area (Å²) in [6.07, 6.45) is 8.66. The molecule has 1 aliphatic rings. The average molecular weight is 311 g/mol. The molecule has 0 saturated heterocycles. The fourth-order valence-electron chi connectivity index (χ4n) is 3.65. The second kappa shape index (κ2) is 7.18. The summed E-state index contributed by atoms with van der Waals surface area (Å²) in [7, 11) is 4.40. The molecule has 5 heteroatoms. The molecule has 1 aromatic heterocycles. The molecule has 1 aromatic rings. The molecule has 0 radical (unpaired) electrons. The Balaban J connectivity index is 2.22. The Hall–Kier alpha value is -0.490. The maximum Gasteiger partial charge on any atom is 0.0947 e. The number of hydrogen-bond acceptors (Lipinski definition) is 5. The van der Waals surface area contributed by atoms with Gasteiger partial charge in [-0.15, -0.1) is 11.3 Å². The van der Waals surface area contributed by atoms with Crippen molar-refractivity contribution in [2.24, 2.45) is 5.84 Å². The number of nitrogens with zero attached hydrogens (tertiary/aromatic N) is 2. The summed E-state index contributed by atoms with van der Waals surface area (Å²) < 4.78 is 0. The lowest BCUT2D eigenvalue weighted by Gasteiger charge is -2.45. The number of aromatic nitrogens is 1. The van der Waals surface area contributed by atoms with Gasteiger partial charge in [-0.1, -0.05) is 25.7 Å². The van der Waals surface area contributed by atoms with Crippen LogP contribution in [-0.4, -0.2) is 35.6 Å². The molecule has 2 rings (SSSR count). The summed E-state index contributed by atoms with van der Waals surface area (Å²) >= 11 is 1.81. The minimum absolute atomic E-state index is 0.152. The van der Waals surface area contributed by atoms with E-state index in [-0.39, 0.29) is 11.6 Å². The minimum Gasteiger partial charge on any atom is -0.302 e. The summed E-state index contributed by atoms with van der Waals surface area (Å²) in [5.41, 5.74) is 4.43. The lowest BCUT2D eigenvalue weighted by atomic mass is 9.80. The van der Waals surface area contributed by atoms with Crippen molar-refractivity contribution in [1.29, 1.82) is 0 Å². The number of likely N-dealkylation sites (N-methyl/N-ethyl adjacent to an activating group) is 1. The Labute approximate surface area is 133 Å². The Morgan fingerprint density at radius 2 is 1.86 bits per heavy atom. The fraction of sp³-hybridized carbons (Fsp3) is 0.812. The maximum absolute atomic E-state index is 5.97. The van der Waals surface area contributed by atoms with E-state index < -0.39 is 0 Å². The molecule has 21 heavy (non-hydrogen) atoms. The minimum atomic E-state index is 0.152. The number of hydrazine groups is 1. The molecule has 1 saturated carbocycles. The smallest absolute Gasteiger partial charge is 0.0947 e. The van der Waals surface area contributed by atoms with E-state index in [1.165, 1.54) is 48.4 Å². The number of aryl methyl sites for hydroxylation is 2. The quantitative estimate of drug-likeness (QED) is 0.499. The molecule has 0 amide bonds. The topological polar surface area (TPSA) is 54.2 Å². The molecule has 1 fully saturated rings. The van der Waals surface area contributed by atoms with Crippen molar-refractivity contribution < 1.29 is 0 Å². The molecule has 0 aromatic carbocycles. The van der Waals surface area contributed by atoms with Crippen LogP contribution in [0.3, 0.4) is 0 Å². The van der Waals surface area contributed by atoms with Gasteiger partial charge in [-0.2, -0.15) is 0 Å². The van der Waals surface area contributed by atoms with Crippen LogP contribution in [0.5, 0.6) is 0 Å². The third-order valence-electron chi connectivity index (χ3n) is 5.16. The molecule has 0 aliphatic heterocycles. The van der Waals surface area contributed by atoms with Crippen LogP contribution in [0.1, 0.15) is 54.1 Å². The first-order valence-electron chi connectivity index (χ1n) is 8.06. The zero-order valence-electron chi connectivity index (χ0n) is 13.9. The summed E-state index contributed by atoms with van der Waals surface area (Å²) in [4.78, 5) is 8.43. The Kier molecular flexibility index (Phi) is 5.77. The van der Waals surface area contributed by atoms with Crippen LogP contribution in [0.4, 0.5) is 0 Å². The second-order valence-electron chi connectivity index (χ2n) is 6.58. The van der Waals surface area contributed by atoms with E-state index in [0.29, 0.717) is 0 Å². The SMILES string of the molecule is Cc1nc(CC(NN)C2(N(C)C)CCCCCC2)sc1C. The van der Waals surface area contributed by atoms with Gasteiger partial charge in [-0.05, 0) is 40.8 Å². The van der Waals surface area contributed by atoms with Gasteiger partial charge in [-0.3, -0.25) is 11.3 Å². The molecule has 0 spiro atoms. The molecule has 120 valence electrons. The van der Waals surface area contributed by atoms with Gasteiger partial charge in [0.15, 0.2) is 0 Å². The standard InChI is InChI=1S/C16H30N4S/c1-12-13(2)21-15(18-12)11-14(19-17)16(20(3)4)9-7-5-6-8-10-16/h14,19H,5-11,17H2,1-4H3. The first kappa shape index (κ1) is 16.9. The normalized spacial score (nSPS) is 20.5. The van der Waals surface area contributed by atoms with Gasteiger partial charge in [0.05, 0.1) is 10.7 Å². The lowest BCUT2D eigenvalue weighted by Crippen LogP contribution is -2.61. The van der Waals surface area contributed by atoms with E-state index in [9.17, 15) is 0 Å². The van der Waals surface area contributed by atoms with Crippen molar-refractivity contribution in [3.8, 4) is 0 Å². The lowest BCUT2D eigenvalue weighted by molar-refractivity contribution is 0.0801. The first-order valence-corrected chi connectivity index (χ1v) is 8.87. The zero-order chi connectivity index (χ0) is 15.5. The van der Waals surface area contributed by atoms with Crippen LogP contribution in [-0.2, 0) is 6.42 Å². The molecule has 1 atom stereocenters. The van der Waals surface area contributed by atoms with E-state index >= 15 is 0 Å². The highest BCUT2D eigenvalue weighted by Gasteiger charge is 2.40. The highest BCUT2D eigenvalue weighted by atomic mass is 32.1. The van der Waals surface area contributed by atoms with Crippen LogP contribution in [0.25, 0.3) is 0 Å². The van der Waals surface area contributed by atoms with Gasteiger partial charge in [-0.25, -0.2) is 4.98 Å². The summed E-state index contributed by atoms with van der Waals surface area (Å²) in [5.74, 6) is 5.97. The van der Waals surface area contributed by atoms with E-state index in [2.05, 4.69) is 38.3 Å². The number of thiazole rings is 1. The summed E-state index contributed by atoms with van der Waals surface area (Å²) in [5, 5.41) is 1.21. The van der Waals surface area contributed by atoms with Gasteiger partial charge in [0, 0.05) is 22.9 Å². The van der Waals surface area contributed by atoms with Crippen LogP contribution in [0.15, 0.2) is 0 Å². The predicted molar refractivity (Wildman–Crippen MR) is 90.5 cm³/mol. The highest BCUT2D eigenvalue weighted by Crippen LogP contribution is 2.35. The van der Waals surface area contributed by atoms with Gasteiger partial charge >= 0.3 is 0 Å². The van der Waals surface area contributed by atoms with Crippen LogP contribution in [0, 0.1) is 13.8 Å². The van der Waals surface area contributed by atoms with Crippen molar-refractivity contribution >= 4 is 11.3 Å². The Morgan fingerprint density at radius 3 is 2.29 bits per heavy atom. The Bertz CT molecular complexity index is 428. The van der Waals surface area contributed by atoms with E-state index in [1.54, 1.807) is 0 Å². The van der Waals surface area contributed by atoms with Gasteiger partial charge in [0.1, 0.15) is 0 Å². The number of rotatable bonds is 5. The van der Waals surface area contributed by atoms with E-state index in [4.69, 9.17) is 10.8 Å². The third-order valence-corrected chi connectivity index (χ3v) is 6.26. The zero-order valence-corrected chi connectivity index (χ0v) is 14.7. The molecule has 1 aliphatic carbocycles. The van der Waals surface area contributed by atoms with E-state index in [0.717, 1.165) is 12.1 Å². The molecule has 1 unspecified atom stereocenters. The second-order valence-corrected chi connectivity index (χ2v) is 7.87. The summed E-state index contributed by atoms with van der Waals surface area (Å²) in [6, 6.07) is 0.260. The molecule has 1 heterocycles. The molecule has 0 bridgehead atoms. The van der Waals surface area contributed by atoms with E-state index in [1.807, 2.05) is 11.3 Å². The average Bonchev–Trinajstić information content (AvgIpc) is 2.67. The highest BCUT2D eigenvalue weighted by molar-refractivity contribution is 7.11. The van der Waals surface area contributed by atoms with Crippen LogP contribution >= 0.6 is 11.3 Å². The van der Waals surface area contributed by atoms with Gasteiger partial charge in [0.2, 0.25) is 0 Å². The van der Waals surface area contributed by atoms with Crippen molar-refractivity contribution in [3.63, 3.8) is 0 Å². The maximum atomic E-state index is 5.97. The molecular formula is C16H30N4S. The first-order chi connectivity index (χ1) is 9.99. The molecule has 4 nitrogen and oxygen atoms in total. The number of nitrogens with one attached hydrogen (secondary N) is 1. The van der Waals surface area contributed by atoms with Crippen LogP contribution < -0.4 is 11.3 Å². The van der Waals surface area contributed by atoms with Crippen LogP contribution in [0.2, 0.25) is 0 Å². The van der Waals surface area contributed by atoms with Gasteiger partial charge < -0.3 is 4.90 Å². The molecular weight excluding hydrogens is 280 g/mol. The summed E-state index contributed by atoms with van der Waals surface area (Å²) in [6.45, 7) is 4.24. The number of hydrogen-bond donors (Lipinski definition) is 2. The van der Waals surface area contributed by atoms with Crippen molar-refractivity contribution in [2.45, 2.75) is 70.4 Å². The third kappa shape index (κ3) is 3.65.